The van der Waals surface area contributed by atoms with Crippen molar-refractivity contribution < 1.29 is 9.21 Å². The fourth-order valence-electron chi connectivity index (χ4n) is 1.95. The van der Waals surface area contributed by atoms with Crippen molar-refractivity contribution in [2.24, 2.45) is 0 Å². The van der Waals surface area contributed by atoms with Gasteiger partial charge in [0.1, 0.15) is 11.5 Å². The Kier molecular flexibility index (Phi) is 5.16. The number of hydrogen-bond acceptors (Lipinski definition) is 3. The monoisotopic (exact) mass is 250 g/mol. The van der Waals surface area contributed by atoms with E-state index in [2.05, 4.69) is 17.2 Å². The summed E-state index contributed by atoms with van der Waals surface area (Å²) < 4.78 is 5.49. The van der Waals surface area contributed by atoms with Crippen LogP contribution in [0.25, 0.3) is 0 Å². The molecule has 1 aromatic heterocycles. The Morgan fingerprint density at radius 2 is 2.17 bits per heavy atom. The lowest BCUT2D eigenvalue weighted by Crippen LogP contribution is -2.43. The molecule has 0 fully saturated rings. The molecule has 1 amide bonds. The molecule has 0 saturated heterocycles. The van der Waals surface area contributed by atoms with Crippen LogP contribution in [0.4, 0.5) is 0 Å². The Bertz CT molecular complexity index is 423. The highest BCUT2D eigenvalue weighted by Gasteiger charge is 2.18. The van der Waals surface area contributed by atoms with E-state index in [-0.39, 0.29) is 18.0 Å². The molecule has 0 aliphatic carbocycles. The van der Waals surface area contributed by atoms with Crippen LogP contribution in [0, 0.1) is 13.8 Å². The normalized spacial score (nSPS) is 14.0. The van der Waals surface area contributed by atoms with E-state index in [1.807, 2.05) is 33.8 Å². The lowest BCUT2D eigenvalue weighted by molar-refractivity contribution is -0.122. The summed E-state index contributed by atoms with van der Waals surface area (Å²) in [4.78, 5) is 11.7. The van der Waals surface area contributed by atoms with Crippen LogP contribution >= 0.6 is 0 Å². The second-order valence-electron chi connectivity index (χ2n) is 4.51. The van der Waals surface area contributed by atoms with Crippen LogP contribution in [0.15, 0.2) is 23.1 Å². The van der Waals surface area contributed by atoms with Gasteiger partial charge in [-0.1, -0.05) is 6.08 Å². The van der Waals surface area contributed by atoms with Crippen molar-refractivity contribution in [1.82, 2.24) is 10.6 Å². The van der Waals surface area contributed by atoms with Crippen LogP contribution in [0.3, 0.4) is 0 Å². The summed E-state index contributed by atoms with van der Waals surface area (Å²) in [6.07, 6.45) is 1.66. The number of nitrogens with one attached hydrogen (secondary N) is 2. The molecule has 1 rings (SSSR count). The van der Waals surface area contributed by atoms with Gasteiger partial charge in [0, 0.05) is 18.2 Å². The highest BCUT2D eigenvalue weighted by molar-refractivity contribution is 5.81. The molecule has 4 nitrogen and oxygen atoms in total. The number of aryl methyl sites for hydroxylation is 2. The first kappa shape index (κ1) is 14.5. The first-order valence-corrected chi connectivity index (χ1v) is 6.17. The summed E-state index contributed by atoms with van der Waals surface area (Å²) in [5.41, 5.74) is 1.09. The third-order valence-electron chi connectivity index (χ3n) is 2.86. The average Bonchev–Trinajstić information content (AvgIpc) is 2.65. The SMILES string of the molecule is C=CCNC(=O)C(C)NC(C)c1cc(C)oc1C. The molecule has 0 radical (unpaired) electrons. The smallest absolute Gasteiger partial charge is 0.237 e. The Labute approximate surface area is 108 Å². The predicted octanol–water partition coefficient (Wildman–Crippen LogP) is 2.24. The van der Waals surface area contributed by atoms with E-state index in [1.165, 1.54) is 0 Å². The quantitative estimate of drug-likeness (QED) is 0.761. The van der Waals surface area contributed by atoms with Crippen LogP contribution in [-0.2, 0) is 4.79 Å². The molecular formula is C14H22N2O2. The molecular weight excluding hydrogens is 228 g/mol. The lowest BCUT2D eigenvalue weighted by atomic mass is 10.1. The molecule has 0 bridgehead atoms. The standard InChI is InChI=1S/C14H22N2O2/c1-6-7-15-14(17)11(4)16-10(3)13-8-9(2)18-12(13)5/h6,8,10-11,16H,1,7H2,2-5H3,(H,15,17). The third kappa shape index (κ3) is 3.74. The van der Waals surface area contributed by atoms with Crippen LogP contribution in [0.5, 0.6) is 0 Å². The molecule has 100 valence electrons. The van der Waals surface area contributed by atoms with Crippen molar-refractivity contribution in [2.75, 3.05) is 6.54 Å². The van der Waals surface area contributed by atoms with Crippen LogP contribution in [0.1, 0.15) is 37.0 Å². The number of carbonyl (C=O) groups is 1. The molecule has 2 atom stereocenters. The van der Waals surface area contributed by atoms with Gasteiger partial charge >= 0.3 is 0 Å². The first-order valence-electron chi connectivity index (χ1n) is 6.17. The first-order chi connectivity index (χ1) is 8.45. The molecule has 0 saturated carbocycles. The minimum atomic E-state index is -0.255. The lowest BCUT2D eigenvalue weighted by Gasteiger charge is -2.19. The molecule has 1 aromatic rings. The van der Waals surface area contributed by atoms with Crippen LogP contribution < -0.4 is 10.6 Å². The highest BCUT2D eigenvalue weighted by atomic mass is 16.3. The molecule has 0 spiro atoms. The molecule has 0 aliphatic heterocycles. The van der Waals surface area contributed by atoms with Crippen molar-refractivity contribution in [3.63, 3.8) is 0 Å². The Hall–Kier alpha value is -1.55. The van der Waals surface area contributed by atoms with Gasteiger partial charge < -0.3 is 9.73 Å². The van der Waals surface area contributed by atoms with E-state index < -0.39 is 0 Å². The molecule has 0 aliphatic rings. The fraction of sp³-hybridized carbons (Fsp3) is 0.500. The summed E-state index contributed by atoms with van der Waals surface area (Å²) in [6, 6.07) is 1.82. The minimum Gasteiger partial charge on any atom is -0.466 e. The van der Waals surface area contributed by atoms with Crippen molar-refractivity contribution in [3.8, 4) is 0 Å². The summed E-state index contributed by atoms with van der Waals surface area (Å²) in [5.74, 6) is 1.76. The Morgan fingerprint density at radius 3 is 2.67 bits per heavy atom. The van der Waals surface area contributed by atoms with E-state index in [0.717, 1.165) is 17.1 Å². The van der Waals surface area contributed by atoms with Crippen molar-refractivity contribution in [1.29, 1.82) is 0 Å². The highest BCUT2D eigenvalue weighted by Crippen LogP contribution is 2.21. The summed E-state index contributed by atoms with van der Waals surface area (Å²) >= 11 is 0. The second kappa shape index (κ2) is 6.40. The summed E-state index contributed by atoms with van der Waals surface area (Å²) in [5, 5.41) is 6.02. The zero-order chi connectivity index (χ0) is 13.7. The molecule has 2 N–H and O–H groups in total. The van der Waals surface area contributed by atoms with Gasteiger partial charge in [-0.15, -0.1) is 6.58 Å². The van der Waals surface area contributed by atoms with Crippen molar-refractivity contribution in [2.45, 2.75) is 39.8 Å². The van der Waals surface area contributed by atoms with E-state index >= 15 is 0 Å². The van der Waals surface area contributed by atoms with Gasteiger partial charge in [0.25, 0.3) is 0 Å². The average molecular weight is 250 g/mol. The maximum Gasteiger partial charge on any atom is 0.237 e. The molecule has 1 heterocycles. The maximum absolute atomic E-state index is 11.7. The topological polar surface area (TPSA) is 54.3 Å². The number of amides is 1. The number of rotatable bonds is 6. The Balaban J connectivity index is 2.58. The van der Waals surface area contributed by atoms with Gasteiger partial charge in [-0.3, -0.25) is 10.1 Å². The van der Waals surface area contributed by atoms with Crippen molar-refractivity contribution >= 4 is 5.91 Å². The predicted molar refractivity (Wildman–Crippen MR) is 72.4 cm³/mol. The van der Waals surface area contributed by atoms with Crippen molar-refractivity contribution in [3.05, 3.63) is 35.8 Å². The van der Waals surface area contributed by atoms with Crippen LogP contribution in [0.2, 0.25) is 0 Å². The second-order valence-corrected chi connectivity index (χ2v) is 4.51. The van der Waals surface area contributed by atoms with E-state index in [0.29, 0.717) is 6.54 Å². The minimum absolute atomic E-state index is 0.0281. The summed E-state index contributed by atoms with van der Waals surface area (Å²) in [6.45, 7) is 11.8. The van der Waals surface area contributed by atoms with Gasteiger partial charge in [0.2, 0.25) is 5.91 Å². The molecule has 2 unspecified atom stereocenters. The van der Waals surface area contributed by atoms with Gasteiger partial charge in [-0.2, -0.15) is 0 Å². The van der Waals surface area contributed by atoms with Gasteiger partial charge in [0.05, 0.1) is 6.04 Å². The van der Waals surface area contributed by atoms with Gasteiger partial charge in [0.15, 0.2) is 0 Å². The molecule has 0 aromatic carbocycles. The van der Waals surface area contributed by atoms with Crippen LogP contribution in [-0.4, -0.2) is 18.5 Å². The van der Waals surface area contributed by atoms with Gasteiger partial charge in [-0.05, 0) is 33.8 Å². The van der Waals surface area contributed by atoms with E-state index in [4.69, 9.17) is 4.42 Å². The largest absolute Gasteiger partial charge is 0.466 e. The fourth-order valence-corrected chi connectivity index (χ4v) is 1.95. The summed E-state index contributed by atoms with van der Waals surface area (Å²) in [7, 11) is 0. The third-order valence-corrected chi connectivity index (χ3v) is 2.86. The van der Waals surface area contributed by atoms with E-state index in [1.54, 1.807) is 6.08 Å². The molecule has 4 heteroatoms. The molecule has 18 heavy (non-hydrogen) atoms. The van der Waals surface area contributed by atoms with Gasteiger partial charge in [-0.25, -0.2) is 0 Å². The number of hydrogen-bond donors (Lipinski definition) is 2. The number of carbonyl (C=O) groups excluding carboxylic acids is 1. The Morgan fingerprint density at radius 1 is 1.50 bits per heavy atom. The zero-order valence-electron chi connectivity index (χ0n) is 11.5. The maximum atomic E-state index is 11.7. The van der Waals surface area contributed by atoms with E-state index in [9.17, 15) is 4.79 Å². The zero-order valence-corrected chi connectivity index (χ0v) is 11.5. The number of furan rings is 1.